The summed E-state index contributed by atoms with van der Waals surface area (Å²) in [6, 6.07) is 6.18. The summed E-state index contributed by atoms with van der Waals surface area (Å²) >= 11 is 1.53. The zero-order chi connectivity index (χ0) is 18.6. The molecular formula is C20H28Cl2N4O2S. The highest BCUT2D eigenvalue weighted by molar-refractivity contribution is 7.98. The average molecular weight is 459 g/mol. The largest absolute Gasteiger partial charge is 0.361 e. The highest BCUT2D eigenvalue weighted by Crippen LogP contribution is 2.29. The molecule has 1 saturated carbocycles. The van der Waals surface area contributed by atoms with Crippen LogP contribution >= 0.6 is 36.6 Å². The van der Waals surface area contributed by atoms with Crippen LogP contribution in [-0.2, 0) is 5.75 Å². The van der Waals surface area contributed by atoms with E-state index in [1.807, 2.05) is 30.0 Å². The standard InChI is InChI=1S/C20H26N4O2S.2ClH/c1-14-11-17(23-26-14)13-27-19-18(3-2-8-21-19)20(25)24-9-6-16(7-10-24)22-12-15-4-5-15;;/h2-3,8,11,15-16,22H,4-7,9-10,12-13H2,1H3;2*1H. The topological polar surface area (TPSA) is 71.3 Å². The van der Waals surface area contributed by atoms with Gasteiger partial charge in [-0.25, -0.2) is 4.98 Å². The highest BCUT2D eigenvalue weighted by atomic mass is 35.5. The van der Waals surface area contributed by atoms with E-state index in [0.29, 0.717) is 17.4 Å². The first kappa shape index (κ1) is 24.0. The minimum atomic E-state index is 0. The van der Waals surface area contributed by atoms with Crippen molar-refractivity contribution >= 4 is 42.5 Å². The van der Waals surface area contributed by atoms with E-state index >= 15 is 0 Å². The third-order valence-electron chi connectivity index (χ3n) is 5.21. The van der Waals surface area contributed by atoms with Crippen LogP contribution in [0.3, 0.4) is 0 Å². The normalized spacial score (nSPS) is 16.8. The number of piperidine rings is 1. The molecule has 1 amide bonds. The van der Waals surface area contributed by atoms with Gasteiger partial charge < -0.3 is 14.7 Å². The Balaban J connectivity index is 0.00000150. The highest BCUT2D eigenvalue weighted by Gasteiger charge is 2.27. The molecule has 0 atom stereocenters. The third kappa shape index (κ3) is 6.60. The van der Waals surface area contributed by atoms with Crippen molar-refractivity contribution in [3.05, 3.63) is 41.4 Å². The molecule has 1 aliphatic carbocycles. The van der Waals surface area contributed by atoms with E-state index in [4.69, 9.17) is 4.52 Å². The molecule has 0 spiro atoms. The number of hydrogen-bond acceptors (Lipinski definition) is 6. The van der Waals surface area contributed by atoms with Gasteiger partial charge in [-0.2, -0.15) is 0 Å². The van der Waals surface area contributed by atoms with E-state index in [1.54, 1.807) is 6.20 Å². The molecule has 9 heteroatoms. The SMILES string of the molecule is Cc1cc(CSc2ncccc2C(=O)N2CCC(NCC3CC3)CC2)no1.Cl.Cl. The molecule has 0 radical (unpaired) electrons. The summed E-state index contributed by atoms with van der Waals surface area (Å²) < 4.78 is 5.11. The van der Waals surface area contributed by atoms with Crippen molar-refractivity contribution in [2.24, 2.45) is 5.92 Å². The number of pyridine rings is 1. The van der Waals surface area contributed by atoms with Crippen molar-refractivity contribution in [2.45, 2.75) is 49.4 Å². The number of halogens is 2. The Bertz CT molecular complexity index is 792. The number of aromatic nitrogens is 2. The maximum absolute atomic E-state index is 13.0. The number of amides is 1. The number of hydrogen-bond donors (Lipinski definition) is 1. The average Bonchev–Trinajstić information content (AvgIpc) is 3.44. The maximum atomic E-state index is 13.0. The van der Waals surface area contributed by atoms with Gasteiger partial charge in [-0.3, -0.25) is 4.79 Å². The van der Waals surface area contributed by atoms with Crippen LogP contribution in [0.4, 0.5) is 0 Å². The second-order valence-corrected chi connectivity index (χ2v) is 8.46. The van der Waals surface area contributed by atoms with E-state index in [9.17, 15) is 4.79 Å². The summed E-state index contributed by atoms with van der Waals surface area (Å²) in [5, 5.41) is 8.44. The van der Waals surface area contributed by atoms with Gasteiger partial charge in [0.25, 0.3) is 5.91 Å². The summed E-state index contributed by atoms with van der Waals surface area (Å²) in [7, 11) is 0. The van der Waals surface area contributed by atoms with Gasteiger partial charge in [-0.05, 0) is 57.2 Å². The fourth-order valence-corrected chi connectivity index (χ4v) is 4.28. The molecule has 6 nitrogen and oxygen atoms in total. The molecule has 1 N–H and O–H groups in total. The Morgan fingerprint density at radius 1 is 1.28 bits per heavy atom. The first-order valence-electron chi connectivity index (χ1n) is 9.71. The maximum Gasteiger partial charge on any atom is 0.256 e. The van der Waals surface area contributed by atoms with Crippen LogP contribution in [0.5, 0.6) is 0 Å². The van der Waals surface area contributed by atoms with Crippen LogP contribution in [-0.4, -0.2) is 46.6 Å². The summed E-state index contributed by atoms with van der Waals surface area (Å²) in [4.78, 5) is 19.4. The molecule has 2 aromatic rings. The number of carbonyl (C=O) groups excluding carboxylic acids is 1. The summed E-state index contributed by atoms with van der Waals surface area (Å²) in [5.41, 5.74) is 1.55. The zero-order valence-electron chi connectivity index (χ0n) is 16.5. The molecular weight excluding hydrogens is 431 g/mol. The van der Waals surface area contributed by atoms with Crippen LogP contribution in [0.15, 0.2) is 33.9 Å². The minimum absolute atomic E-state index is 0. The van der Waals surface area contributed by atoms with Crippen LogP contribution in [0.1, 0.15) is 47.5 Å². The monoisotopic (exact) mass is 458 g/mol. The van der Waals surface area contributed by atoms with E-state index in [0.717, 1.165) is 54.9 Å². The van der Waals surface area contributed by atoms with Gasteiger partial charge in [0.1, 0.15) is 10.8 Å². The number of nitrogens with zero attached hydrogens (tertiary/aromatic N) is 3. The molecule has 0 aromatic carbocycles. The van der Waals surface area contributed by atoms with Gasteiger partial charge in [0.15, 0.2) is 0 Å². The van der Waals surface area contributed by atoms with Crippen molar-refractivity contribution in [3.8, 4) is 0 Å². The van der Waals surface area contributed by atoms with Crippen molar-refractivity contribution in [2.75, 3.05) is 19.6 Å². The number of likely N-dealkylation sites (tertiary alicyclic amines) is 1. The van der Waals surface area contributed by atoms with Crippen LogP contribution < -0.4 is 5.32 Å². The molecule has 2 aromatic heterocycles. The van der Waals surface area contributed by atoms with Gasteiger partial charge in [0.2, 0.25) is 0 Å². The predicted molar refractivity (Wildman–Crippen MR) is 119 cm³/mol. The molecule has 160 valence electrons. The second-order valence-electron chi connectivity index (χ2n) is 7.49. The molecule has 0 unspecified atom stereocenters. The summed E-state index contributed by atoms with van der Waals surface area (Å²) in [5.74, 6) is 2.42. The van der Waals surface area contributed by atoms with Crippen molar-refractivity contribution in [1.82, 2.24) is 20.4 Å². The Morgan fingerprint density at radius 3 is 2.69 bits per heavy atom. The fourth-order valence-electron chi connectivity index (χ4n) is 3.41. The van der Waals surface area contributed by atoms with Crippen molar-refractivity contribution < 1.29 is 9.32 Å². The molecule has 1 aliphatic heterocycles. The van der Waals surface area contributed by atoms with E-state index in [-0.39, 0.29) is 30.7 Å². The minimum Gasteiger partial charge on any atom is -0.361 e. The first-order chi connectivity index (χ1) is 13.2. The van der Waals surface area contributed by atoms with Gasteiger partial charge in [-0.1, -0.05) is 16.9 Å². The number of carbonyl (C=O) groups is 1. The quantitative estimate of drug-likeness (QED) is 0.629. The lowest BCUT2D eigenvalue weighted by atomic mass is 10.0. The van der Waals surface area contributed by atoms with Crippen molar-refractivity contribution in [3.63, 3.8) is 0 Å². The molecule has 2 aliphatic rings. The molecule has 3 heterocycles. The number of nitrogens with one attached hydrogen (secondary N) is 1. The lowest BCUT2D eigenvalue weighted by Gasteiger charge is -2.32. The van der Waals surface area contributed by atoms with Gasteiger partial charge >= 0.3 is 0 Å². The van der Waals surface area contributed by atoms with Crippen LogP contribution in [0.2, 0.25) is 0 Å². The molecule has 1 saturated heterocycles. The molecule has 29 heavy (non-hydrogen) atoms. The third-order valence-corrected chi connectivity index (χ3v) is 6.25. The molecule has 0 bridgehead atoms. The summed E-state index contributed by atoms with van der Waals surface area (Å²) in [6.45, 7) is 4.63. The Hall–Kier alpha value is -1.28. The Kier molecular flexibility index (Phi) is 9.27. The smallest absolute Gasteiger partial charge is 0.256 e. The van der Waals surface area contributed by atoms with Gasteiger partial charge in [0.05, 0.1) is 11.3 Å². The van der Waals surface area contributed by atoms with E-state index in [1.165, 1.54) is 24.6 Å². The lowest BCUT2D eigenvalue weighted by molar-refractivity contribution is 0.0700. The molecule has 4 rings (SSSR count). The zero-order valence-corrected chi connectivity index (χ0v) is 19.0. The van der Waals surface area contributed by atoms with Crippen LogP contribution in [0.25, 0.3) is 0 Å². The van der Waals surface area contributed by atoms with Gasteiger partial charge in [-0.15, -0.1) is 24.8 Å². The van der Waals surface area contributed by atoms with E-state index in [2.05, 4.69) is 15.5 Å². The number of aryl methyl sites for hydroxylation is 1. The lowest BCUT2D eigenvalue weighted by Crippen LogP contribution is -2.45. The predicted octanol–water partition coefficient (Wildman–Crippen LogP) is 4.12. The first-order valence-corrected chi connectivity index (χ1v) is 10.7. The van der Waals surface area contributed by atoms with Crippen LogP contribution in [0, 0.1) is 12.8 Å². The molecule has 2 fully saturated rings. The number of thioether (sulfide) groups is 1. The van der Waals surface area contributed by atoms with E-state index < -0.39 is 0 Å². The Morgan fingerprint density at radius 2 is 2.03 bits per heavy atom. The summed E-state index contributed by atoms with van der Waals surface area (Å²) in [6.07, 6.45) is 6.54. The Labute approximate surface area is 188 Å². The fraction of sp³-hybridized carbons (Fsp3) is 0.550. The number of rotatable bonds is 7. The van der Waals surface area contributed by atoms with Crippen molar-refractivity contribution in [1.29, 1.82) is 0 Å². The second kappa shape index (κ2) is 11.2. The van der Waals surface area contributed by atoms with Gasteiger partial charge in [0, 0.05) is 37.1 Å².